The van der Waals surface area contributed by atoms with E-state index in [0.717, 1.165) is 0 Å². The summed E-state index contributed by atoms with van der Waals surface area (Å²) in [6.45, 7) is 2.24. The Hall–Kier alpha value is -2.35. The van der Waals surface area contributed by atoms with Gasteiger partial charge in [0.2, 0.25) is 0 Å². The van der Waals surface area contributed by atoms with Crippen molar-refractivity contribution in [1.29, 1.82) is 0 Å². The van der Waals surface area contributed by atoms with Crippen LogP contribution in [0.15, 0.2) is 71.8 Å². The predicted octanol–water partition coefficient (Wildman–Crippen LogP) is 3.89. The zero-order chi connectivity index (χ0) is 13.6. The van der Waals surface area contributed by atoms with Crippen LogP contribution in [0.4, 0.5) is 0 Å². The fraction of sp³-hybridized carbons (Fsp3) is 0.167. The van der Waals surface area contributed by atoms with Crippen LogP contribution in [0, 0.1) is 0 Å². The van der Waals surface area contributed by atoms with Gasteiger partial charge < -0.3 is 0 Å². The second kappa shape index (κ2) is 4.07. The zero-order valence-corrected chi connectivity index (χ0v) is 11.4. The highest BCUT2D eigenvalue weighted by Gasteiger charge is 2.49. The molecule has 0 saturated heterocycles. The highest BCUT2D eigenvalue weighted by molar-refractivity contribution is 5.97. The van der Waals surface area contributed by atoms with E-state index in [-0.39, 0.29) is 11.6 Å². The van der Waals surface area contributed by atoms with Crippen LogP contribution in [0.1, 0.15) is 24.1 Å². The van der Waals surface area contributed by atoms with Crippen molar-refractivity contribution >= 4 is 11.8 Å². The molecule has 4 rings (SSSR count). The molecule has 2 aliphatic heterocycles. The van der Waals surface area contributed by atoms with E-state index in [2.05, 4.69) is 90.0 Å². The van der Waals surface area contributed by atoms with Crippen molar-refractivity contribution in [1.82, 2.24) is 5.01 Å². The van der Waals surface area contributed by atoms with Gasteiger partial charge in [0.15, 0.2) is 0 Å². The number of fused-ring (bicyclic) bond motifs is 1. The number of hydrogen-bond donors (Lipinski definition) is 0. The molecule has 2 aromatic carbocycles. The summed E-state index contributed by atoms with van der Waals surface area (Å²) in [4.78, 5) is 0. The van der Waals surface area contributed by atoms with Gasteiger partial charge in [-0.25, -0.2) is 0 Å². The highest BCUT2D eigenvalue weighted by Crippen LogP contribution is 2.49. The van der Waals surface area contributed by atoms with Gasteiger partial charge in [0.1, 0.15) is 5.54 Å². The monoisotopic (exact) mass is 260 g/mol. The van der Waals surface area contributed by atoms with Crippen LogP contribution < -0.4 is 0 Å². The third-order valence-electron chi connectivity index (χ3n) is 4.27. The van der Waals surface area contributed by atoms with Crippen molar-refractivity contribution in [3.05, 3.63) is 77.9 Å². The number of hydrogen-bond acceptors (Lipinski definition) is 2. The highest BCUT2D eigenvalue weighted by atomic mass is 15.6. The van der Waals surface area contributed by atoms with Crippen LogP contribution in [-0.2, 0) is 0 Å². The largest absolute Gasteiger partial charge is 0.270 e. The topological polar surface area (TPSA) is 15.6 Å². The third kappa shape index (κ3) is 1.48. The maximum Gasteiger partial charge on any atom is 0.118 e. The third-order valence-corrected chi connectivity index (χ3v) is 4.27. The van der Waals surface area contributed by atoms with Gasteiger partial charge in [-0.1, -0.05) is 60.7 Å². The number of rotatable bonds is 2. The fourth-order valence-electron chi connectivity index (χ4n) is 3.14. The Morgan fingerprint density at radius 2 is 1.60 bits per heavy atom. The van der Waals surface area contributed by atoms with Crippen LogP contribution >= 0.6 is 0 Å². The first-order valence-corrected chi connectivity index (χ1v) is 6.96. The molecule has 2 aromatic rings. The zero-order valence-electron chi connectivity index (χ0n) is 11.4. The molecule has 0 bridgehead atoms. The molecule has 0 saturated carbocycles. The van der Waals surface area contributed by atoms with Crippen LogP contribution in [0.5, 0.6) is 0 Å². The molecule has 2 heterocycles. The summed E-state index contributed by atoms with van der Waals surface area (Å²) in [5.74, 6) is 0. The average molecular weight is 260 g/mol. The molecule has 0 aliphatic carbocycles. The second-order valence-corrected chi connectivity index (χ2v) is 5.54. The van der Waals surface area contributed by atoms with Gasteiger partial charge in [-0.3, -0.25) is 5.01 Å². The van der Waals surface area contributed by atoms with Crippen molar-refractivity contribution in [2.75, 3.05) is 0 Å². The molecule has 20 heavy (non-hydrogen) atoms. The number of nitrogens with zero attached hydrogens (tertiary/aromatic N) is 2. The number of benzene rings is 2. The maximum atomic E-state index is 4.49. The first kappa shape index (κ1) is 11.5. The molecule has 0 N–H and O–H groups in total. The van der Waals surface area contributed by atoms with Gasteiger partial charge in [-0.15, -0.1) is 0 Å². The summed E-state index contributed by atoms with van der Waals surface area (Å²) >= 11 is 0. The van der Waals surface area contributed by atoms with E-state index in [1.165, 1.54) is 16.7 Å². The average Bonchev–Trinajstić information content (AvgIpc) is 2.70. The lowest BCUT2D eigenvalue weighted by Crippen LogP contribution is -2.50. The molecular weight excluding hydrogens is 244 g/mol. The SMILES string of the molecule is CC12C=NN1C(c1ccccc1)C=C2c1ccccc1. The molecular formula is C18H16N2. The van der Waals surface area contributed by atoms with E-state index in [9.17, 15) is 0 Å². The quantitative estimate of drug-likeness (QED) is 0.800. The molecule has 2 aliphatic rings. The van der Waals surface area contributed by atoms with Gasteiger partial charge in [0.05, 0.1) is 12.3 Å². The minimum atomic E-state index is -0.0676. The Morgan fingerprint density at radius 1 is 0.950 bits per heavy atom. The van der Waals surface area contributed by atoms with Crippen LogP contribution in [0.25, 0.3) is 5.57 Å². The van der Waals surface area contributed by atoms with E-state index in [0.29, 0.717) is 0 Å². The molecule has 0 radical (unpaired) electrons. The predicted molar refractivity (Wildman–Crippen MR) is 82.3 cm³/mol. The molecule has 0 aromatic heterocycles. The van der Waals surface area contributed by atoms with Gasteiger partial charge >= 0.3 is 0 Å². The lowest BCUT2D eigenvalue weighted by Gasteiger charge is -2.42. The minimum Gasteiger partial charge on any atom is -0.270 e. The van der Waals surface area contributed by atoms with Crippen molar-refractivity contribution < 1.29 is 0 Å². The van der Waals surface area contributed by atoms with E-state index in [1.54, 1.807) is 0 Å². The molecule has 2 unspecified atom stereocenters. The first-order valence-electron chi connectivity index (χ1n) is 6.96. The molecule has 2 atom stereocenters. The Labute approximate surface area is 119 Å². The van der Waals surface area contributed by atoms with Crippen molar-refractivity contribution in [3.63, 3.8) is 0 Å². The minimum absolute atomic E-state index is 0.0676. The summed E-state index contributed by atoms with van der Waals surface area (Å²) in [5, 5.41) is 6.69. The summed E-state index contributed by atoms with van der Waals surface area (Å²) in [7, 11) is 0. The second-order valence-electron chi connectivity index (χ2n) is 5.54. The summed E-state index contributed by atoms with van der Waals surface area (Å²) in [5.41, 5.74) is 3.86. The molecule has 2 nitrogen and oxygen atoms in total. The van der Waals surface area contributed by atoms with Gasteiger partial charge in [-0.2, -0.15) is 5.10 Å². The fourth-order valence-corrected chi connectivity index (χ4v) is 3.14. The summed E-state index contributed by atoms with van der Waals surface area (Å²) in [6, 6.07) is 21.4. The molecule has 0 spiro atoms. The number of hydrazone groups is 1. The van der Waals surface area contributed by atoms with Gasteiger partial charge in [-0.05, 0) is 29.7 Å². The van der Waals surface area contributed by atoms with Gasteiger partial charge in [0.25, 0.3) is 0 Å². The van der Waals surface area contributed by atoms with E-state index in [4.69, 9.17) is 0 Å². The normalized spacial score (nSPS) is 26.9. The van der Waals surface area contributed by atoms with Gasteiger partial charge in [0, 0.05) is 0 Å². The summed E-state index contributed by atoms with van der Waals surface area (Å²) < 4.78 is 0. The van der Waals surface area contributed by atoms with Crippen LogP contribution in [0.3, 0.4) is 0 Å². The van der Waals surface area contributed by atoms with Crippen LogP contribution in [0.2, 0.25) is 0 Å². The van der Waals surface area contributed by atoms with E-state index in [1.807, 2.05) is 0 Å². The molecule has 0 fully saturated rings. The standard InChI is InChI=1S/C18H16N2/c1-18-13-19-20(18)17(15-10-6-3-7-11-15)12-16(18)14-8-4-2-5-9-14/h2-13,17H,1H3. The molecule has 2 heteroatoms. The lowest BCUT2D eigenvalue weighted by molar-refractivity contribution is 0.163. The van der Waals surface area contributed by atoms with Crippen molar-refractivity contribution in [2.24, 2.45) is 5.10 Å². The molecule has 98 valence electrons. The summed E-state index contributed by atoms with van der Waals surface area (Å²) in [6.07, 6.45) is 4.40. The lowest BCUT2D eigenvalue weighted by atomic mass is 9.88. The van der Waals surface area contributed by atoms with Crippen molar-refractivity contribution in [2.45, 2.75) is 18.5 Å². The van der Waals surface area contributed by atoms with Crippen molar-refractivity contribution in [3.8, 4) is 0 Å². The van der Waals surface area contributed by atoms with Crippen LogP contribution in [-0.4, -0.2) is 16.8 Å². The van der Waals surface area contributed by atoms with E-state index < -0.39 is 0 Å². The maximum absolute atomic E-state index is 4.49. The molecule has 0 amide bonds. The smallest absolute Gasteiger partial charge is 0.118 e. The Bertz CT molecular complexity index is 688. The first-order chi connectivity index (χ1) is 9.79. The Kier molecular flexibility index (Phi) is 2.34. The Balaban J connectivity index is 1.81. The van der Waals surface area contributed by atoms with E-state index >= 15 is 0 Å². The Morgan fingerprint density at radius 3 is 2.20 bits per heavy atom.